The Morgan fingerprint density at radius 1 is 0.531 bits per heavy atom. The van der Waals surface area contributed by atoms with Crippen molar-refractivity contribution in [3.8, 4) is 11.1 Å². The van der Waals surface area contributed by atoms with Crippen LogP contribution in [0.2, 0.25) is 0 Å². The summed E-state index contributed by atoms with van der Waals surface area (Å²) in [6.45, 7) is 23.6. The van der Waals surface area contributed by atoms with Crippen LogP contribution in [0.3, 0.4) is 0 Å². The van der Waals surface area contributed by atoms with Crippen LogP contribution >= 0.6 is 0 Å². The zero-order chi connectivity index (χ0) is 44.5. The Hall–Kier alpha value is -6.96. The van der Waals surface area contributed by atoms with Crippen LogP contribution in [0, 0.1) is 13.8 Å². The molecule has 1 heteroatoms. The third kappa shape index (κ3) is 6.35. The topological polar surface area (TPSA) is 3.24 Å². The van der Waals surface area contributed by atoms with Gasteiger partial charge in [0.15, 0.2) is 0 Å². The summed E-state index contributed by atoms with van der Waals surface area (Å²) in [5.74, 6) is 0. The lowest BCUT2D eigenvalue weighted by Gasteiger charge is -2.38. The summed E-state index contributed by atoms with van der Waals surface area (Å²) in [7, 11) is 0. The average molecular weight is 828 g/mol. The normalized spacial score (nSPS) is 18.4. The summed E-state index contributed by atoms with van der Waals surface area (Å²) in [6.07, 6.45) is 2.36. The zero-order valence-corrected chi connectivity index (χ0v) is 38.6. The van der Waals surface area contributed by atoms with Gasteiger partial charge in [0.1, 0.15) is 0 Å². The Kier molecular flexibility index (Phi) is 9.87. The Morgan fingerprint density at radius 3 is 1.61 bits per heavy atom. The zero-order valence-electron chi connectivity index (χ0n) is 38.6. The van der Waals surface area contributed by atoms with Crippen LogP contribution in [0.4, 0.5) is 17.1 Å². The Balaban J connectivity index is 1.20. The lowest BCUT2D eigenvalue weighted by atomic mass is 9.63. The Labute approximate surface area is 380 Å². The second-order valence-corrected chi connectivity index (χ2v) is 19.5. The third-order valence-corrected chi connectivity index (χ3v) is 14.2. The van der Waals surface area contributed by atoms with Crippen molar-refractivity contribution in [2.45, 2.75) is 71.6 Å². The highest BCUT2D eigenvalue weighted by Gasteiger charge is 2.53. The minimum atomic E-state index is -0.629. The molecule has 0 fully saturated rings. The van der Waals surface area contributed by atoms with Crippen molar-refractivity contribution in [1.29, 1.82) is 0 Å². The van der Waals surface area contributed by atoms with Gasteiger partial charge in [-0.05, 0) is 151 Å². The number of rotatable bonds is 6. The van der Waals surface area contributed by atoms with Gasteiger partial charge in [-0.1, -0.05) is 198 Å². The van der Waals surface area contributed by atoms with Crippen molar-refractivity contribution in [3.05, 3.63) is 256 Å². The molecule has 0 bridgehead atoms. The van der Waals surface area contributed by atoms with Gasteiger partial charge in [-0.25, -0.2) is 0 Å². The first-order valence-corrected chi connectivity index (χ1v) is 22.8. The quantitative estimate of drug-likeness (QED) is 0.161. The minimum Gasteiger partial charge on any atom is -0.311 e. The average Bonchev–Trinajstić information content (AvgIpc) is 3.69. The molecule has 8 aromatic rings. The van der Waals surface area contributed by atoms with Crippen molar-refractivity contribution in [2.24, 2.45) is 0 Å². The fourth-order valence-electron chi connectivity index (χ4n) is 11.1. The summed E-state index contributed by atoms with van der Waals surface area (Å²) in [5.41, 5.74) is 21.5. The van der Waals surface area contributed by atoms with Crippen molar-refractivity contribution in [3.63, 3.8) is 0 Å². The van der Waals surface area contributed by atoms with Crippen molar-refractivity contribution in [2.75, 3.05) is 4.90 Å². The maximum Gasteiger partial charge on any atom is 0.0716 e. The molecule has 2 aliphatic rings. The van der Waals surface area contributed by atoms with Crippen LogP contribution in [-0.4, -0.2) is 0 Å². The first-order valence-electron chi connectivity index (χ1n) is 22.8. The molecule has 0 N–H and O–H groups in total. The molecule has 314 valence electrons. The van der Waals surface area contributed by atoms with Gasteiger partial charge in [-0.2, -0.15) is 0 Å². The molecule has 10 rings (SSSR count). The fourth-order valence-corrected chi connectivity index (χ4v) is 11.1. The van der Waals surface area contributed by atoms with Gasteiger partial charge in [0.05, 0.1) is 5.41 Å². The molecule has 1 atom stereocenters. The number of allylic oxidation sites excluding steroid dienone is 5. The van der Waals surface area contributed by atoms with Crippen molar-refractivity contribution in [1.82, 2.24) is 0 Å². The highest BCUT2D eigenvalue weighted by molar-refractivity contribution is 6.08. The minimum absolute atomic E-state index is 0.0182. The van der Waals surface area contributed by atoms with E-state index in [9.17, 15) is 0 Å². The van der Waals surface area contributed by atoms with Crippen molar-refractivity contribution >= 4 is 39.0 Å². The van der Waals surface area contributed by atoms with E-state index < -0.39 is 5.41 Å². The van der Waals surface area contributed by atoms with Crippen molar-refractivity contribution < 1.29 is 0 Å². The second kappa shape index (κ2) is 15.4. The summed E-state index contributed by atoms with van der Waals surface area (Å²) in [6, 6.07) is 67.7. The van der Waals surface area contributed by atoms with Gasteiger partial charge >= 0.3 is 0 Å². The maximum atomic E-state index is 5.07. The van der Waals surface area contributed by atoms with Crippen LogP contribution in [0.15, 0.2) is 206 Å². The maximum absolute atomic E-state index is 5.07. The first kappa shape index (κ1) is 41.1. The molecule has 1 unspecified atom stereocenters. The summed E-state index contributed by atoms with van der Waals surface area (Å²) < 4.78 is 0. The van der Waals surface area contributed by atoms with Gasteiger partial charge in [0.2, 0.25) is 0 Å². The lowest BCUT2D eigenvalue weighted by molar-refractivity contribution is 0.589. The van der Waals surface area contributed by atoms with E-state index in [1.54, 1.807) is 0 Å². The van der Waals surface area contributed by atoms with Crippen LogP contribution < -0.4 is 4.90 Å². The van der Waals surface area contributed by atoms with Crippen LogP contribution in [0.5, 0.6) is 0 Å². The molecule has 0 radical (unpaired) electrons. The fraction of sp³-hybridized carbons (Fsp3) is 0.175. The molecule has 0 amide bonds. The number of anilines is 3. The van der Waals surface area contributed by atoms with Crippen LogP contribution in [-0.2, 0) is 16.2 Å². The van der Waals surface area contributed by atoms with Gasteiger partial charge in [0, 0.05) is 22.5 Å². The van der Waals surface area contributed by atoms with Crippen LogP contribution in [0.25, 0.3) is 33.0 Å². The van der Waals surface area contributed by atoms with Gasteiger partial charge < -0.3 is 4.90 Å². The molecule has 0 saturated carbocycles. The molecule has 0 spiro atoms. The number of hydrogen-bond donors (Lipinski definition) is 0. The number of hydrogen-bond acceptors (Lipinski definition) is 1. The smallest absolute Gasteiger partial charge is 0.0716 e. The number of aryl methyl sites for hydroxylation is 2. The van der Waals surface area contributed by atoms with E-state index in [0.717, 1.165) is 22.6 Å². The predicted molar refractivity (Wildman–Crippen MR) is 274 cm³/mol. The van der Waals surface area contributed by atoms with Gasteiger partial charge in [-0.15, -0.1) is 0 Å². The Morgan fingerprint density at radius 2 is 1.05 bits per heavy atom. The number of fused-ring (bicyclic) bond motifs is 4. The molecule has 0 heterocycles. The predicted octanol–water partition coefficient (Wildman–Crippen LogP) is 16.9. The lowest BCUT2D eigenvalue weighted by Crippen LogP contribution is -2.32. The van der Waals surface area contributed by atoms with Gasteiger partial charge in [-0.3, -0.25) is 0 Å². The molecule has 0 aliphatic heterocycles. The summed E-state index contributed by atoms with van der Waals surface area (Å²) in [4.78, 5) is 2.32. The molecule has 1 nitrogen and oxygen atoms in total. The standard InChI is InChI=1S/C63H57N/c1-10-52-54-38-25-41(2)39-56(54)63(48-34-32-46(33-35-48)61(5,6)7,60(52)59-43(4)58-55-24-18-17-23-53(55)42(3)40-57(58)62(59,8)9)47-30-26-44(27-31-47)45-28-36-51(37-29-45)64(49-19-13-11-14-20-49)50-21-15-12-16-22-50/h10-40H,4H2,1-3,5-9H3. The molecule has 0 saturated heterocycles. The molecular weight excluding hydrogens is 771 g/mol. The number of benzene rings is 8. The van der Waals surface area contributed by atoms with Crippen LogP contribution in [0.1, 0.15) is 91.6 Å². The summed E-state index contributed by atoms with van der Waals surface area (Å²) >= 11 is 0. The molecular formula is C63H57N. The number of para-hydroxylation sites is 2. The van der Waals surface area contributed by atoms with E-state index in [-0.39, 0.29) is 10.8 Å². The third-order valence-electron chi connectivity index (χ3n) is 14.2. The Bertz CT molecular complexity index is 3110. The van der Waals surface area contributed by atoms with E-state index in [4.69, 9.17) is 6.58 Å². The van der Waals surface area contributed by atoms with E-state index in [1.807, 2.05) is 0 Å². The summed E-state index contributed by atoms with van der Waals surface area (Å²) in [5, 5.41) is 2.58. The number of nitrogens with zero attached hydrogens (tertiary/aromatic N) is 1. The largest absolute Gasteiger partial charge is 0.311 e. The molecule has 0 aromatic heterocycles. The highest BCUT2D eigenvalue weighted by Crippen LogP contribution is 2.64. The SMILES string of the molecule is C=C1C(=C2C(=CC)c3ccc(C)cc3C2(c2ccc(-c3ccc(N(c4ccccc4)c4ccccc4)cc3)cc2)c2ccc(C(C)(C)C)cc2)C(C)(C)c2cc(C)c3ccccc3c21. The monoisotopic (exact) mass is 827 g/mol. The van der Waals surface area contributed by atoms with E-state index in [2.05, 4.69) is 248 Å². The first-order chi connectivity index (χ1) is 30.8. The molecule has 2 aliphatic carbocycles. The molecule has 8 aromatic carbocycles. The second-order valence-electron chi connectivity index (χ2n) is 19.5. The highest BCUT2D eigenvalue weighted by atomic mass is 15.1. The molecule has 64 heavy (non-hydrogen) atoms. The van der Waals surface area contributed by atoms with E-state index >= 15 is 0 Å². The van der Waals surface area contributed by atoms with E-state index in [0.29, 0.717) is 0 Å². The van der Waals surface area contributed by atoms with Gasteiger partial charge in [0.25, 0.3) is 0 Å². The van der Waals surface area contributed by atoms with E-state index in [1.165, 1.54) is 88.7 Å².